The van der Waals surface area contributed by atoms with Gasteiger partial charge in [-0.2, -0.15) is 0 Å². The lowest BCUT2D eigenvalue weighted by Crippen LogP contribution is -1.91. The largest absolute Gasteiger partial charge is 0.398 e. The van der Waals surface area contributed by atoms with Crippen LogP contribution in [0.3, 0.4) is 0 Å². The highest BCUT2D eigenvalue weighted by Crippen LogP contribution is 2.28. The van der Waals surface area contributed by atoms with Gasteiger partial charge in [0.2, 0.25) is 0 Å². The second-order valence-corrected chi connectivity index (χ2v) is 5.67. The van der Waals surface area contributed by atoms with Crippen LogP contribution in [0.4, 0.5) is 5.69 Å². The van der Waals surface area contributed by atoms with Crippen molar-refractivity contribution in [2.45, 2.75) is 0 Å². The summed E-state index contributed by atoms with van der Waals surface area (Å²) < 4.78 is 1.86. The molecule has 0 unspecified atom stereocenters. The van der Waals surface area contributed by atoms with E-state index in [0.717, 1.165) is 25.8 Å². The molecule has 3 rings (SSSR count). The lowest BCUT2D eigenvalue weighted by molar-refractivity contribution is 1.30. The molecule has 0 radical (unpaired) electrons. The molecule has 0 saturated carbocycles. The summed E-state index contributed by atoms with van der Waals surface area (Å²) in [6, 6.07) is 7.65. The van der Waals surface area contributed by atoms with Crippen molar-refractivity contribution in [3.05, 3.63) is 39.4 Å². The number of pyridine rings is 1. The van der Waals surface area contributed by atoms with E-state index in [-0.39, 0.29) is 0 Å². The molecule has 18 heavy (non-hydrogen) atoms. The highest BCUT2D eigenvalue weighted by Gasteiger charge is 2.09. The van der Waals surface area contributed by atoms with Gasteiger partial charge in [0.15, 0.2) is 5.65 Å². The number of nitrogens with two attached hydrogens (primary N) is 1. The molecule has 0 aliphatic rings. The summed E-state index contributed by atoms with van der Waals surface area (Å²) in [7, 11) is 0. The highest BCUT2D eigenvalue weighted by atomic mass is 79.9. The zero-order valence-electron chi connectivity index (χ0n) is 9.11. The third kappa shape index (κ3) is 2.02. The van der Waals surface area contributed by atoms with E-state index >= 15 is 0 Å². The molecular formula is C12H8Br2N4. The maximum absolute atomic E-state index is 5.99. The molecule has 2 heterocycles. The average molecular weight is 368 g/mol. The number of anilines is 1. The number of imidazole rings is 1. The first kappa shape index (κ1) is 11.7. The van der Waals surface area contributed by atoms with E-state index < -0.39 is 0 Å². The fourth-order valence-corrected chi connectivity index (χ4v) is 2.46. The second kappa shape index (κ2) is 4.37. The number of hydrogen-bond acceptors (Lipinski definition) is 3. The second-order valence-electron chi connectivity index (χ2n) is 3.84. The molecule has 0 aliphatic carbocycles. The van der Waals surface area contributed by atoms with Crippen molar-refractivity contribution in [1.29, 1.82) is 0 Å². The zero-order valence-corrected chi connectivity index (χ0v) is 12.3. The first-order chi connectivity index (χ1) is 8.63. The quantitative estimate of drug-likeness (QED) is 0.644. The van der Waals surface area contributed by atoms with E-state index in [1.165, 1.54) is 0 Å². The highest BCUT2D eigenvalue weighted by molar-refractivity contribution is 9.10. The Hall–Kier alpha value is -1.40. The molecule has 90 valence electrons. The first-order valence-corrected chi connectivity index (χ1v) is 6.79. The summed E-state index contributed by atoms with van der Waals surface area (Å²) in [6.07, 6.45) is 1.72. The predicted octanol–water partition coefficient (Wildman–Crippen LogP) is 3.73. The van der Waals surface area contributed by atoms with E-state index in [1.54, 1.807) is 6.20 Å². The van der Waals surface area contributed by atoms with Gasteiger partial charge in [0.05, 0.1) is 5.52 Å². The molecule has 0 saturated heterocycles. The van der Waals surface area contributed by atoms with E-state index in [9.17, 15) is 0 Å². The van der Waals surface area contributed by atoms with Gasteiger partial charge in [0.25, 0.3) is 0 Å². The van der Waals surface area contributed by atoms with Crippen molar-refractivity contribution in [3.63, 3.8) is 0 Å². The average Bonchev–Trinajstić information content (AvgIpc) is 2.71. The maximum atomic E-state index is 5.99. The Morgan fingerprint density at radius 3 is 2.72 bits per heavy atom. The fourth-order valence-electron chi connectivity index (χ4n) is 1.75. The van der Waals surface area contributed by atoms with Crippen LogP contribution in [0.5, 0.6) is 0 Å². The molecule has 1 aromatic carbocycles. The van der Waals surface area contributed by atoms with Crippen LogP contribution in [0.15, 0.2) is 39.4 Å². The van der Waals surface area contributed by atoms with Crippen LogP contribution in [-0.2, 0) is 0 Å². The predicted molar refractivity (Wildman–Crippen MR) is 79.1 cm³/mol. The van der Waals surface area contributed by atoms with Gasteiger partial charge in [-0.3, -0.25) is 0 Å². The van der Waals surface area contributed by atoms with Crippen LogP contribution in [0.1, 0.15) is 0 Å². The number of aromatic nitrogens is 3. The summed E-state index contributed by atoms with van der Waals surface area (Å²) in [5.74, 6) is 0.723. The van der Waals surface area contributed by atoms with E-state index in [0.29, 0.717) is 11.3 Å². The maximum Gasteiger partial charge on any atom is 0.178 e. The molecule has 0 amide bonds. The molecule has 0 fully saturated rings. The summed E-state index contributed by atoms with van der Waals surface area (Å²) in [4.78, 5) is 11.9. The number of nitrogens with zero attached hydrogens (tertiary/aromatic N) is 2. The normalized spacial score (nSPS) is 11.0. The van der Waals surface area contributed by atoms with E-state index in [1.807, 2.05) is 24.3 Å². The van der Waals surface area contributed by atoms with Crippen LogP contribution in [0.2, 0.25) is 0 Å². The van der Waals surface area contributed by atoms with Gasteiger partial charge in [-0.25, -0.2) is 9.97 Å². The summed E-state index contributed by atoms with van der Waals surface area (Å²) in [5, 5.41) is 0. The number of nitrogen functional groups attached to an aromatic ring is 1. The molecule has 3 aromatic rings. The minimum absolute atomic E-state index is 0.669. The van der Waals surface area contributed by atoms with Gasteiger partial charge in [-0.1, -0.05) is 15.9 Å². The van der Waals surface area contributed by atoms with Gasteiger partial charge in [0, 0.05) is 26.4 Å². The third-order valence-corrected chi connectivity index (χ3v) is 3.50. The monoisotopic (exact) mass is 366 g/mol. The van der Waals surface area contributed by atoms with Crippen LogP contribution < -0.4 is 5.73 Å². The Balaban J connectivity index is 2.19. The number of hydrogen-bond donors (Lipinski definition) is 2. The van der Waals surface area contributed by atoms with Crippen LogP contribution >= 0.6 is 31.9 Å². The molecule has 2 aromatic heterocycles. The molecule has 4 nitrogen and oxygen atoms in total. The zero-order chi connectivity index (χ0) is 12.7. The van der Waals surface area contributed by atoms with Crippen LogP contribution in [0, 0.1) is 0 Å². The van der Waals surface area contributed by atoms with Crippen molar-refractivity contribution >= 4 is 48.7 Å². The summed E-state index contributed by atoms with van der Waals surface area (Å²) >= 11 is 6.76. The molecule has 0 atom stereocenters. The van der Waals surface area contributed by atoms with Gasteiger partial charge in [0.1, 0.15) is 5.82 Å². The molecule has 0 aliphatic heterocycles. The summed E-state index contributed by atoms with van der Waals surface area (Å²) in [6.45, 7) is 0. The number of rotatable bonds is 1. The fraction of sp³-hybridized carbons (Fsp3) is 0. The minimum Gasteiger partial charge on any atom is -0.398 e. The van der Waals surface area contributed by atoms with Crippen molar-refractivity contribution < 1.29 is 0 Å². The van der Waals surface area contributed by atoms with Crippen LogP contribution in [-0.4, -0.2) is 15.0 Å². The van der Waals surface area contributed by atoms with E-state index in [2.05, 4.69) is 46.8 Å². The van der Waals surface area contributed by atoms with Gasteiger partial charge >= 0.3 is 0 Å². The van der Waals surface area contributed by atoms with Gasteiger partial charge in [-0.05, 0) is 40.2 Å². The van der Waals surface area contributed by atoms with Gasteiger partial charge < -0.3 is 10.7 Å². The lowest BCUT2D eigenvalue weighted by Gasteiger charge is -2.02. The number of halogens is 2. The van der Waals surface area contributed by atoms with Crippen LogP contribution in [0.25, 0.3) is 22.6 Å². The standard InChI is InChI=1S/C12H8Br2N4/c13-6-1-2-8(9(15)3-6)11-17-10-4-7(14)5-16-12(10)18-11/h1-5H,15H2,(H,16,17,18). The number of aromatic amines is 1. The summed E-state index contributed by atoms with van der Waals surface area (Å²) in [5.41, 5.74) is 9.08. The molecule has 0 bridgehead atoms. The molecule has 3 N–H and O–H groups in total. The molecular weight excluding hydrogens is 360 g/mol. The number of nitrogens with one attached hydrogen (secondary N) is 1. The number of fused-ring (bicyclic) bond motifs is 1. The van der Waals surface area contributed by atoms with Crippen molar-refractivity contribution in [2.24, 2.45) is 0 Å². The Morgan fingerprint density at radius 1 is 1.11 bits per heavy atom. The van der Waals surface area contributed by atoms with Crippen molar-refractivity contribution in [3.8, 4) is 11.4 Å². The molecule has 6 heteroatoms. The van der Waals surface area contributed by atoms with Crippen molar-refractivity contribution in [1.82, 2.24) is 15.0 Å². The molecule has 0 spiro atoms. The lowest BCUT2D eigenvalue weighted by atomic mass is 10.2. The first-order valence-electron chi connectivity index (χ1n) is 5.20. The minimum atomic E-state index is 0.669. The Morgan fingerprint density at radius 2 is 1.94 bits per heavy atom. The third-order valence-electron chi connectivity index (χ3n) is 2.57. The topological polar surface area (TPSA) is 67.6 Å². The Kier molecular flexibility index (Phi) is 2.83. The Labute approximate surface area is 120 Å². The SMILES string of the molecule is Nc1cc(Br)ccc1-c1nc2ncc(Br)cc2[nH]1. The van der Waals surface area contributed by atoms with Gasteiger partial charge in [-0.15, -0.1) is 0 Å². The number of benzene rings is 1. The number of H-pyrrole nitrogens is 1. The Bertz CT molecular complexity index is 736. The van der Waals surface area contributed by atoms with E-state index in [4.69, 9.17) is 5.73 Å². The smallest absolute Gasteiger partial charge is 0.178 e. The van der Waals surface area contributed by atoms with Crippen molar-refractivity contribution in [2.75, 3.05) is 5.73 Å².